The summed E-state index contributed by atoms with van der Waals surface area (Å²) in [4.78, 5) is 12.0. The molecule has 1 amide bonds. The minimum absolute atomic E-state index is 0.249. The van der Waals surface area contributed by atoms with Crippen LogP contribution < -0.4 is 16.4 Å². The van der Waals surface area contributed by atoms with Crippen molar-refractivity contribution in [2.75, 3.05) is 18.1 Å². The van der Waals surface area contributed by atoms with Gasteiger partial charge in [-0.25, -0.2) is 0 Å². The number of rotatable bonds is 3. The molecule has 0 aromatic carbocycles. The molecule has 17 heavy (non-hydrogen) atoms. The Bertz CT molecular complexity index is 502. The van der Waals surface area contributed by atoms with Crippen LogP contribution in [0.15, 0.2) is 0 Å². The molecular weight excluding hydrogens is 236 g/mol. The summed E-state index contributed by atoms with van der Waals surface area (Å²) in [5, 5.41) is 15.6. The van der Waals surface area contributed by atoms with Crippen molar-refractivity contribution in [3.8, 4) is 6.07 Å². The van der Waals surface area contributed by atoms with E-state index in [2.05, 4.69) is 23.6 Å². The maximum atomic E-state index is 11.6. The van der Waals surface area contributed by atoms with Gasteiger partial charge in [0.1, 0.15) is 21.5 Å². The lowest BCUT2D eigenvalue weighted by molar-refractivity contribution is 0.0968. The smallest absolute Gasteiger partial charge is 0.263 e. The molecule has 90 valence electrons. The number of thiophene rings is 1. The third-order valence-electron chi connectivity index (χ3n) is 2.92. The van der Waals surface area contributed by atoms with Crippen LogP contribution in [0.5, 0.6) is 0 Å². The van der Waals surface area contributed by atoms with Crippen molar-refractivity contribution in [2.45, 2.75) is 19.4 Å². The zero-order valence-corrected chi connectivity index (χ0v) is 10.5. The van der Waals surface area contributed by atoms with Crippen LogP contribution in [0, 0.1) is 17.2 Å². The van der Waals surface area contributed by atoms with Crippen LogP contribution >= 0.6 is 11.3 Å². The Labute approximate surface area is 104 Å². The van der Waals surface area contributed by atoms with Gasteiger partial charge in [-0.3, -0.25) is 4.79 Å². The summed E-state index contributed by atoms with van der Waals surface area (Å²) in [5.41, 5.74) is 6.46. The van der Waals surface area contributed by atoms with Gasteiger partial charge < -0.3 is 16.4 Å². The van der Waals surface area contributed by atoms with E-state index in [9.17, 15) is 4.79 Å². The average Bonchev–Trinajstić information content (AvgIpc) is 2.90. The third kappa shape index (κ3) is 2.06. The highest BCUT2D eigenvalue weighted by Crippen LogP contribution is 2.40. The number of anilines is 2. The number of hydrogen-bond donors (Lipinski definition) is 3. The first-order valence-electron chi connectivity index (χ1n) is 5.39. The van der Waals surface area contributed by atoms with Gasteiger partial charge in [-0.15, -0.1) is 11.3 Å². The molecule has 5 nitrogen and oxygen atoms in total. The van der Waals surface area contributed by atoms with Crippen molar-refractivity contribution in [2.24, 2.45) is 5.92 Å². The highest BCUT2D eigenvalue weighted by atomic mass is 32.1. The van der Waals surface area contributed by atoms with Crippen LogP contribution in [-0.4, -0.2) is 19.0 Å². The normalized spacial score (nSPS) is 21.7. The van der Waals surface area contributed by atoms with Crippen molar-refractivity contribution < 1.29 is 4.79 Å². The van der Waals surface area contributed by atoms with E-state index in [4.69, 9.17) is 11.0 Å². The van der Waals surface area contributed by atoms with Crippen LogP contribution in [0.4, 0.5) is 10.7 Å². The van der Waals surface area contributed by atoms with E-state index >= 15 is 0 Å². The van der Waals surface area contributed by atoms with Gasteiger partial charge in [0.15, 0.2) is 0 Å². The SMILES string of the molecule is CNC(=O)c1sc(NC2CC2C)c(C#N)c1N. The predicted molar refractivity (Wildman–Crippen MR) is 68.0 cm³/mol. The van der Waals surface area contributed by atoms with Gasteiger partial charge in [-0.05, 0) is 12.3 Å². The average molecular weight is 250 g/mol. The van der Waals surface area contributed by atoms with Crippen LogP contribution in [0.25, 0.3) is 0 Å². The van der Waals surface area contributed by atoms with E-state index < -0.39 is 0 Å². The molecule has 1 heterocycles. The standard InChI is InChI=1S/C11H14N4OS/c1-5-3-7(5)15-11-6(4-12)8(13)9(17-11)10(16)14-2/h5,7,15H,3,13H2,1-2H3,(H,14,16). The highest BCUT2D eigenvalue weighted by Gasteiger charge is 2.34. The molecule has 1 aromatic rings. The first-order chi connectivity index (χ1) is 8.08. The number of nitriles is 1. The van der Waals surface area contributed by atoms with E-state index in [1.54, 1.807) is 7.05 Å². The lowest BCUT2D eigenvalue weighted by atomic mass is 10.2. The van der Waals surface area contributed by atoms with Gasteiger partial charge in [0.05, 0.1) is 5.69 Å². The summed E-state index contributed by atoms with van der Waals surface area (Å²) >= 11 is 1.24. The van der Waals surface area contributed by atoms with E-state index in [0.29, 0.717) is 27.4 Å². The Morgan fingerprint density at radius 3 is 2.76 bits per heavy atom. The van der Waals surface area contributed by atoms with Crippen LogP contribution in [0.2, 0.25) is 0 Å². The molecule has 2 rings (SSSR count). The van der Waals surface area contributed by atoms with Crippen LogP contribution in [0.3, 0.4) is 0 Å². The predicted octanol–water partition coefficient (Wildman–Crippen LogP) is 1.38. The Balaban J connectivity index is 2.32. The molecule has 1 aliphatic rings. The molecular formula is C11H14N4OS. The summed E-state index contributed by atoms with van der Waals surface area (Å²) in [5.74, 6) is 0.370. The molecule has 0 spiro atoms. The minimum Gasteiger partial charge on any atom is -0.396 e. The lowest BCUT2D eigenvalue weighted by Gasteiger charge is -2.00. The number of nitrogen functional groups attached to an aromatic ring is 1. The number of nitrogens with one attached hydrogen (secondary N) is 2. The molecule has 1 aliphatic carbocycles. The first-order valence-corrected chi connectivity index (χ1v) is 6.21. The molecule has 0 radical (unpaired) electrons. The molecule has 0 saturated heterocycles. The largest absolute Gasteiger partial charge is 0.396 e. The van der Waals surface area contributed by atoms with Crippen LogP contribution in [-0.2, 0) is 0 Å². The second-order valence-corrected chi connectivity index (χ2v) is 5.22. The maximum absolute atomic E-state index is 11.6. The number of nitrogens with two attached hydrogens (primary N) is 1. The molecule has 6 heteroatoms. The third-order valence-corrected chi connectivity index (χ3v) is 4.05. The molecule has 2 atom stereocenters. The fourth-order valence-corrected chi connectivity index (χ4v) is 2.71. The summed E-state index contributed by atoms with van der Waals surface area (Å²) in [6.45, 7) is 2.14. The molecule has 2 unspecified atom stereocenters. The lowest BCUT2D eigenvalue weighted by Crippen LogP contribution is -2.17. The Morgan fingerprint density at radius 1 is 1.65 bits per heavy atom. The second kappa shape index (κ2) is 4.26. The number of amides is 1. The maximum Gasteiger partial charge on any atom is 0.263 e. The fourth-order valence-electron chi connectivity index (χ4n) is 1.63. The molecule has 1 saturated carbocycles. The zero-order valence-electron chi connectivity index (χ0n) is 9.70. The quantitative estimate of drug-likeness (QED) is 0.756. The van der Waals surface area contributed by atoms with Crippen LogP contribution in [0.1, 0.15) is 28.6 Å². The van der Waals surface area contributed by atoms with Gasteiger partial charge in [0.25, 0.3) is 5.91 Å². The monoisotopic (exact) mass is 250 g/mol. The second-order valence-electron chi connectivity index (χ2n) is 4.20. The number of hydrogen-bond acceptors (Lipinski definition) is 5. The molecule has 4 N–H and O–H groups in total. The fraction of sp³-hybridized carbons (Fsp3) is 0.455. The van der Waals surface area contributed by atoms with Gasteiger partial charge in [0.2, 0.25) is 0 Å². The number of carbonyl (C=O) groups is 1. The number of carbonyl (C=O) groups excluding carboxylic acids is 1. The zero-order chi connectivity index (χ0) is 12.6. The Morgan fingerprint density at radius 2 is 2.29 bits per heavy atom. The summed E-state index contributed by atoms with van der Waals surface area (Å²) in [7, 11) is 1.55. The van der Waals surface area contributed by atoms with E-state index in [0.717, 1.165) is 6.42 Å². The minimum atomic E-state index is -0.249. The van der Waals surface area contributed by atoms with Crippen molar-refractivity contribution in [1.82, 2.24) is 5.32 Å². The number of nitrogens with zero attached hydrogens (tertiary/aromatic N) is 1. The molecule has 0 aliphatic heterocycles. The Hall–Kier alpha value is -1.74. The first kappa shape index (κ1) is 11.7. The van der Waals surface area contributed by atoms with Crippen molar-refractivity contribution in [3.05, 3.63) is 10.4 Å². The van der Waals surface area contributed by atoms with Crippen molar-refractivity contribution in [3.63, 3.8) is 0 Å². The Kier molecular flexibility index (Phi) is 2.94. The summed E-state index contributed by atoms with van der Waals surface area (Å²) in [6.07, 6.45) is 1.10. The molecule has 1 aromatic heterocycles. The highest BCUT2D eigenvalue weighted by molar-refractivity contribution is 7.19. The van der Waals surface area contributed by atoms with E-state index in [1.165, 1.54) is 11.3 Å². The molecule has 0 bridgehead atoms. The topological polar surface area (TPSA) is 90.9 Å². The van der Waals surface area contributed by atoms with E-state index in [-0.39, 0.29) is 11.6 Å². The van der Waals surface area contributed by atoms with Crippen molar-refractivity contribution in [1.29, 1.82) is 5.26 Å². The van der Waals surface area contributed by atoms with E-state index in [1.807, 2.05) is 0 Å². The summed E-state index contributed by atoms with van der Waals surface area (Å²) < 4.78 is 0. The molecule has 1 fully saturated rings. The van der Waals surface area contributed by atoms with Gasteiger partial charge in [0, 0.05) is 13.1 Å². The van der Waals surface area contributed by atoms with Gasteiger partial charge >= 0.3 is 0 Å². The van der Waals surface area contributed by atoms with Gasteiger partial charge in [-0.2, -0.15) is 5.26 Å². The van der Waals surface area contributed by atoms with Gasteiger partial charge in [-0.1, -0.05) is 6.92 Å². The summed E-state index contributed by atoms with van der Waals surface area (Å²) in [6, 6.07) is 2.45. The van der Waals surface area contributed by atoms with Crippen molar-refractivity contribution >= 4 is 27.9 Å².